The van der Waals surface area contributed by atoms with Crippen molar-refractivity contribution in [3.8, 4) is 5.75 Å². The number of carbonyl (C=O) groups is 2. The van der Waals surface area contributed by atoms with E-state index in [1.807, 2.05) is 50.2 Å². The van der Waals surface area contributed by atoms with Crippen molar-refractivity contribution in [2.24, 2.45) is 0 Å². The van der Waals surface area contributed by atoms with E-state index in [1.165, 1.54) is 21.8 Å². The predicted molar refractivity (Wildman–Crippen MR) is 143 cm³/mol. The second-order valence-electron chi connectivity index (χ2n) is 8.69. The average molecular weight is 499 g/mol. The third-order valence-electron chi connectivity index (χ3n) is 6.33. The van der Waals surface area contributed by atoms with Crippen molar-refractivity contribution in [2.45, 2.75) is 33.2 Å². The number of ketones is 1. The Morgan fingerprint density at radius 2 is 1.75 bits per heavy atom. The second kappa shape index (κ2) is 9.59. The fraction of sp³-hybridized carbons (Fsp3) is 0.207. The monoisotopic (exact) mass is 498 g/mol. The van der Waals surface area contributed by atoms with Crippen LogP contribution < -0.4 is 9.64 Å². The number of thiazole rings is 1. The van der Waals surface area contributed by atoms with Gasteiger partial charge in [0.25, 0.3) is 5.78 Å². The highest BCUT2D eigenvalue weighted by Crippen LogP contribution is 2.44. The lowest BCUT2D eigenvalue weighted by molar-refractivity contribution is -0.132. The smallest absolute Gasteiger partial charge is 0.301 e. The number of aryl methyl sites for hydroxylation is 2. The molecule has 1 aliphatic heterocycles. The number of carbonyl (C=O) groups excluding carboxylic acids is 2. The van der Waals surface area contributed by atoms with Gasteiger partial charge >= 0.3 is 5.91 Å². The molecule has 1 aliphatic rings. The van der Waals surface area contributed by atoms with Crippen LogP contribution in [0.25, 0.3) is 16.0 Å². The van der Waals surface area contributed by atoms with E-state index in [4.69, 9.17) is 9.72 Å². The quantitative estimate of drug-likeness (QED) is 0.195. The highest BCUT2D eigenvalue weighted by Gasteiger charge is 2.48. The Balaban J connectivity index is 1.67. The van der Waals surface area contributed by atoms with E-state index in [0.29, 0.717) is 23.1 Å². The Morgan fingerprint density at radius 3 is 2.42 bits per heavy atom. The molecule has 0 radical (unpaired) electrons. The average Bonchev–Trinajstić information content (AvgIpc) is 3.42. The number of Topliss-reactive ketones (excluding diaryl/α,β-unsaturated/α-hetero) is 1. The molecule has 1 aromatic heterocycles. The summed E-state index contributed by atoms with van der Waals surface area (Å²) in [5, 5.41) is 11.7. The van der Waals surface area contributed by atoms with Gasteiger partial charge in [0, 0.05) is 5.56 Å². The molecule has 0 aliphatic carbocycles. The first-order valence-corrected chi connectivity index (χ1v) is 12.7. The number of fused-ring (bicyclic) bond motifs is 1. The molecule has 7 heteroatoms. The van der Waals surface area contributed by atoms with E-state index in [0.717, 1.165) is 27.8 Å². The number of rotatable bonds is 6. The van der Waals surface area contributed by atoms with Crippen molar-refractivity contribution < 1.29 is 19.4 Å². The van der Waals surface area contributed by atoms with Crippen LogP contribution in [-0.4, -0.2) is 28.4 Å². The third kappa shape index (κ3) is 4.16. The van der Waals surface area contributed by atoms with E-state index in [-0.39, 0.29) is 11.3 Å². The summed E-state index contributed by atoms with van der Waals surface area (Å²) < 4.78 is 6.44. The number of benzene rings is 3. The zero-order valence-electron chi connectivity index (χ0n) is 20.3. The standard InChI is InChI=1S/C29H26N2O4S/c1-4-18-8-15-22-23(16-18)36-29(30-22)31-25(19-9-6-17(3)7-10-19)24(27(33)28(31)34)26(32)20-11-13-21(14-12-20)35-5-2/h6-16,25,32H,4-5H2,1-3H3/b26-24+/t25-/m1/s1. The van der Waals surface area contributed by atoms with Crippen LogP contribution >= 0.6 is 11.3 Å². The number of nitrogens with zero attached hydrogens (tertiary/aromatic N) is 2. The van der Waals surface area contributed by atoms with Crippen LogP contribution in [0.2, 0.25) is 0 Å². The molecule has 1 saturated heterocycles. The lowest BCUT2D eigenvalue weighted by Crippen LogP contribution is -2.29. The van der Waals surface area contributed by atoms with Crippen LogP contribution in [0.5, 0.6) is 5.75 Å². The van der Waals surface area contributed by atoms with Crippen LogP contribution in [0, 0.1) is 6.92 Å². The molecule has 3 aromatic carbocycles. The van der Waals surface area contributed by atoms with Crippen molar-refractivity contribution in [3.63, 3.8) is 0 Å². The number of hydrogen-bond acceptors (Lipinski definition) is 6. The fourth-order valence-electron chi connectivity index (χ4n) is 4.40. The van der Waals surface area contributed by atoms with Gasteiger partial charge in [0.15, 0.2) is 5.13 Å². The summed E-state index contributed by atoms with van der Waals surface area (Å²) in [6, 6.07) is 19.7. The normalized spacial score (nSPS) is 17.2. The van der Waals surface area contributed by atoms with Gasteiger partial charge in [-0.05, 0) is 67.8 Å². The van der Waals surface area contributed by atoms with Gasteiger partial charge in [-0.25, -0.2) is 4.98 Å². The minimum absolute atomic E-state index is 0.0431. The van der Waals surface area contributed by atoms with E-state index >= 15 is 0 Å². The Bertz CT molecular complexity index is 1490. The Labute approximate surface area is 213 Å². The predicted octanol–water partition coefficient (Wildman–Crippen LogP) is 6.19. The van der Waals surface area contributed by atoms with Crippen LogP contribution in [0.4, 0.5) is 5.13 Å². The third-order valence-corrected chi connectivity index (χ3v) is 7.35. The highest BCUT2D eigenvalue weighted by atomic mass is 32.1. The Morgan fingerprint density at radius 1 is 1.03 bits per heavy atom. The van der Waals surface area contributed by atoms with Crippen molar-refractivity contribution in [3.05, 3.63) is 94.6 Å². The summed E-state index contributed by atoms with van der Waals surface area (Å²) in [6.45, 7) is 6.47. The molecule has 1 N–H and O–H groups in total. The van der Waals surface area contributed by atoms with Crippen molar-refractivity contribution in [1.82, 2.24) is 4.98 Å². The number of aromatic nitrogens is 1. The maximum absolute atomic E-state index is 13.4. The van der Waals surface area contributed by atoms with Gasteiger partial charge in [0.1, 0.15) is 11.5 Å². The minimum atomic E-state index is -0.802. The number of aliphatic hydroxyl groups excluding tert-OH is 1. The van der Waals surface area contributed by atoms with Crippen LogP contribution in [0.15, 0.2) is 72.3 Å². The molecule has 6 nitrogen and oxygen atoms in total. The fourth-order valence-corrected chi connectivity index (χ4v) is 5.46. The second-order valence-corrected chi connectivity index (χ2v) is 9.70. The molecule has 182 valence electrons. The van der Waals surface area contributed by atoms with Gasteiger partial charge in [0.2, 0.25) is 0 Å². The lowest BCUT2D eigenvalue weighted by atomic mass is 9.95. The zero-order valence-corrected chi connectivity index (χ0v) is 21.1. The lowest BCUT2D eigenvalue weighted by Gasteiger charge is -2.23. The Hall–Kier alpha value is -3.97. The van der Waals surface area contributed by atoms with E-state index in [1.54, 1.807) is 24.3 Å². The highest BCUT2D eigenvalue weighted by molar-refractivity contribution is 7.22. The van der Waals surface area contributed by atoms with Crippen LogP contribution in [0.3, 0.4) is 0 Å². The van der Waals surface area contributed by atoms with Gasteiger partial charge in [0.05, 0.1) is 28.4 Å². The molecule has 0 bridgehead atoms. The number of ether oxygens (including phenoxy) is 1. The first kappa shape index (κ1) is 23.8. The van der Waals surface area contributed by atoms with E-state index < -0.39 is 17.7 Å². The van der Waals surface area contributed by atoms with Crippen molar-refractivity contribution >= 4 is 44.1 Å². The van der Waals surface area contributed by atoms with Gasteiger partial charge in [-0.2, -0.15) is 0 Å². The largest absolute Gasteiger partial charge is 0.507 e. The summed E-state index contributed by atoms with van der Waals surface area (Å²) >= 11 is 1.37. The van der Waals surface area contributed by atoms with Gasteiger partial charge in [-0.15, -0.1) is 0 Å². The maximum Gasteiger partial charge on any atom is 0.301 e. The molecule has 1 amide bonds. The molecule has 0 unspecified atom stereocenters. The number of amides is 1. The van der Waals surface area contributed by atoms with Crippen molar-refractivity contribution in [1.29, 1.82) is 0 Å². The van der Waals surface area contributed by atoms with Crippen molar-refractivity contribution in [2.75, 3.05) is 11.5 Å². The molecule has 4 aromatic rings. The van der Waals surface area contributed by atoms with Crippen LogP contribution in [0.1, 0.15) is 42.1 Å². The molecular weight excluding hydrogens is 472 g/mol. The van der Waals surface area contributed by atoms with E-state index in [2.05, 4.69) is 13.0 Å². The molecule has 0 spiro atoms. The molecule has 36 heavy (non-hydrogen) atoms. The number of aliphatic hydroxyl groups is 1. The maximum atomic E-state index is 13.4. The molecule has 0 saturated carbocycles. The van der Waals surface area contributed by atoms with Crippen LogP contribution in [-0.2, 0) is 16.0 Å². The summed E-state index contributed by atoms with van der Waals surface area (Å²) in [5.74, 6) is -1.01. The van der Waals surface area contributed by atoms with Gasteiger partial charge in [-0.3, -0.25) is 14.5 Å². The first-order valence-electron chi connectivity index (χ1n) is 11.9. The first-order chi connectivity index (χ1) is 17.4. The van der Waals surface area contributed by atoms with E-state index in [9.17, 15) is 14.7 Å². The molecule has 1 atom stereocenters. The SMILES string of the molecule is CCOc1ccc(/C(O)=C2\C(=O)C(=O)N(c3nc4ccc(CC)cc4s3)[C@@H]2c2ccc(C)cc2)cc1. The number of hydrogen-bond donors (Lipinski definition) is 1. The van der Waals surface area contributed by atoms with Gasteiger partial charge in [-0.1, -0.05) is 54.2 Å². The summed E-state index contributed by atoms with van der Waals surface area (Å²) in [7, 11) is 0. The summed E-state index contributed by atoms with van der Waals surface area (Å²) in [4.78, 5) is 32.9. The number of anilines is 1. The zero-order chi connectivity index (χ0) is 25.4. The summed E-state index contributed by atoms with van der Waals surface area (Å²) in [5.41, 5.74) is 4.19. The molecule has 2 heterocycles. The molecule has 5 rings (SSSR count). The topological polar surface area (TPSA) is 79.7 Å². The minimum Gasteiger partial charge on any atom is -0.507 e. The molecular formula is C29H26N2O4S. The Kier molecular flexibility index (Phi) is 6.33. The molecule has 1 fully saturated rings. The van der Waals surface area contributed by atoms with Gasteiger partial charge < -0.3 is 9.84 Å². The summed E-state index contributed by atoms with van der Waals surface area (Å²) in [6.07, 6.45) is 0.888.